The molecule has 2 fully saturated rings. The van der Waals surface area contributed by atoms with E-state index in [2.05, 4.69) is 34.1 Å². The second kappa shape index (κ2) is 7.21. The van der Waals surface area contributed by atoms with E-state index in [-0.39, 0.29) is 30.2 Å². The summed E-state index contributed by atoms with van der Waals surface area (Å²) in [4.78, 5) is 18.6. The number of aliphatic hydroxyl groups is 2. The fourth-order valence-electron chi connectivity index (χ4n) is 5.89. The number of carbonyl (C=O) groups excluding carboxylic acids is 1. The number of aliphatic hydroxyl groups excluding tert-OH is 2. The molecule has 27 heavy (non-hydrogen) atoms. The van der Waals surface area contributed by atoms with Crippen LogP contribution in [0.25, 0.3) is 10.9 Å². The Balaban J connectivity index is 0.00000180. The van der Waals surface area contributed by atoms with Crippen LogP contribution in [-0.2, 0) is 11.2 Å². The summed E-state index contributed by atoms with van der Waals surface area (Å²) < 4.78 is 0. The van der Waals surface area contributed by atoms with Gasteiger partial charge in [0, 0.05) is 35.6 Å². The van der Waals surface area contributed by atoms with E-state index >= 15 is 0 Å². The van der Waals surface area contributed by atoms with Crippen molar-refractivity contribution in [3.8, 4) is 0 Å². The summed E-state index contributed by atoms with van der Waals surface area (Å²) in [6.45, 7) is 1.59. The van der Waals surface area contributed by atoms with Crippen molar-refractivity contribution in [2.24, 2.45) is 17.8 Å². The van der Waals surface area contributed by atoms with Crippen LogP contribution in [0.2, 0.25) is 0 Å². The van der Waals surface area contributed by atoms with Gasteiger partial charge in [-0.3, -0.25) is 9.69 Å². The molecule has 3 heterocycles. The number of Topliss-reactive ketones (excluding diaryl/α,β-unsaturated/α-hetero) is 1. The van der Waals surface area contributed by atoms with E-state index in [4.69, 9.17) is 0 Å². The van der Waals surface area contributed by atoms with Gasteiger partial charge in [0.1, 0.15) is 6.61 Å². The van der Waals surface area contributed by atoms with Crippen LogP contribution >= 0.6 is 12.4 Å². The molecule has 3 aliphatic rings. The van der Waals surface area contributed by atoms with Crippen LogP contribution in [0.4, 0.5) is 0 Å². The molecule has 0 radical (unpaired) electrons. The van der Waals surface area contributed by atoms with Gasteiger partial charge in [-0.25, -0.2) is 0 Å². The summed E-state index contributed by atoms with van der Waals surface area (Å²) in [5.41, 5.74) is 3.90. The fourth-order valence-corrected chi connectivity index (χ4v) is 5.89. The molecule has 1 aromatic carbocycles. The third-order valence-corrected chi connectivity index (χ3v) is 7.08. The van der Waals surface area contributed by atoms with Crippen LogP contribution in [0.1, 0.15) is 36.6 Å². The number of hydrogen-bond acceptors (Lipinski definition) is 4. The van der Waals surface area contributed by atoms with Gasteiger partial charge in [0.05, 0.1) is 12.1 Å². The van der Waals surface area contributed by atoms with Gasteiger partial charge in [-0.1, -0.05) is 18.2 Å². The summed E-state index contributed by atoms with van der Waals surface area (Å²) in [6.07, 6.45) is 3.00. The van der Waals surface area contributed by atoms with Gasteiger partial charge in [0.2, 0.25) is 0 Å². The summed E-state index contributed by atoms with van der Waals surface area (Å²) >= 11 is 0. The third kappa shape index (κ3) is 2.92. The highest BCUT2D eigenvalue weighted by atomic mass is 35.5. The first-order valence-corrected chi connectivity index (χ1v) is 9.82. The first-order chi connectivity index (χ1) is 12.7. The number of H-pyrrole nitrogens is 1. The Morgan fingerprint density at radius 1 is 1.26 bits per heavy atom. The van der Waals surface area contributed by atoms with E-state index in [0.717, 1.165) is 32.4 Å². The Kier molecular flexibility index (Phi) is 5.06. The number of carbonyl (C=O) groups is 1. The highest BCUT2D eigenvalue weighted by Gasteiger charge is 2.48. The second-order valence-corrected chi connectivity index (χ2v) is 8.28. The number of rotatable bonds is 2. The van der Waals surface area contributed by atoms with E-state index < -0.39 is 18.6 Å². The Labute approximate surface area is 165 Å². The van der Waals surface area contributed by atoms with Gasteiger partial charge < -0.3 is 15.2 Å². The summed E-state index contributed by atoms with van der Waals surface area (Å²) in [7, 11) is 0. The highest BCUT2D eigenvalue weighted by Crippen LogP contribution is 2.49. The molecule has 1 saturated carbocycles. The summed E-state index contributed by atoms with van der Waals surface area (Å²) in [5, 5.41) is 21.2. The molecule has 0 bridgehead atoms. The van der Waals surface area contributed by atoms with Crippen LogP contribution in [0.5, 0.6) is 0 Å². The number of piperidine rings is 1. The average Bonchev–Trinajstić information content (AvgIpc) is 3.05. The number of aromatic nitrogens is 1. The van der Waals surface area contributed by atoms with Crippen LogP contribution in [0, 0.1) is 17.8 Å². The molecule has 5 rings (SSSR count). The van der Waals surface area contributed by atoms with Crippen molar-refractivity contribution in [1.29, 1.82) is 0 Å². The SMILES string of the molecule is Cl.O=C(CO)[C@H]1[C@H]2C[C@H]3c4[nH]c5ccccc5c4CCN3C[C@H]2CC[C@@H]1O. The van der Waals surface area contributed by atoms with Crippen molar-refractivity contribution in [3.63, 3.8) is 0 Å². The van der Waals surface area contributed by atoms with Gasteiger partial charge in [-0.05, 0) is 49.1 Å². The summed E-state index contributed by atoms with van der Waals surface area (Å²) in [5.74, 6) is 0.0158. The molecule has 1 aliphatic carbocycles. The Hall–Kier alpha value is -1.40. The number of hydrogen-bond donors (Lipinski definition) is 3. The second-order valence-electron chi connectivity index (χ2n) is 8.28. The number of nitrogens with zero attached hydrogens (tertiary/aromatic N) is 1. The normalized spacial score (nSPS) is 32.9. The van der Waals surface area contributed by atoms with Gasteiger partial charge in [0.15, 0.2) is 5.78 Å². The summed E-state index contributed by atoms with van der Waals surface area (Å²) in [6, 6.07) is 8.76. The number of halogens is 1. The lowest BCUT2D eigenvalue weighted by molar-refractivity contribution is -0.139. The van der Waals surface area contributed by atoms with Gasteiger partial charge in [-0.2, -0.15) is 0 Å². The maximum absolute atomic E-state index is 12.3. The van der Waals surface area contributed by atoms with Crippen LogP contribution in [-0.4, -0.2) is 51.7 Å². The van der Waals surface area contributed by atoms with Crippen molar-refractivity contribution < 1.29 is 15.0 Å². The maximum atomic E-state index is 12.3. The molecule has 0 unspecified atom stereocenters. The number of aromatic amines is 1. The zero-order valence-corrected chi connectivity index (χ0v) is 16.1. The maximum Gasteiger partial charge on any atom is 0.164 e. The number of fused-ring (bicyclic) bond motifs is 6. The standard InChI is InChI=1S/C21H26N2O3.ClH/c24-11-19(26)20-15-9-17-21-14(13-3-1-2-4-16(13)22-21)7-8-23(17)10-12(15)5-6-18(20)25;/h1-4,12,15,17-18,20,22,24-25H,5-11H2;1H/t12-,15+,17+,18+,20+;/m1./s1. The lowest BCUT2D eigenvalue weighted by atomic mass is 9.63. The zero-order chi connectivity index (χ0) is 17.8. The molecule has 3 N–H and O–H groups in total. The van der Waals surface area contributed by atoms with Crippen molar-refractivity contribution in [2.75, 3.05) is 19.7 Å². The molecular weight excluding hydrogens is 364 g/mol. The Bertz CT molecular complexity index is 851. The minimum Gasteiger partial charge on any atom is -0.392 e. The predicted octanol–water partition coefficient (Wildman–Crippen LogP) is 2.46. The largest absolute Gasteiger partial charge is 0.392 e. The number of benzene rings is 1. The number of ketones is 1. The smallest absolute Gasteiger partial charge is 0.164 e. The molecular formula is C21H27ClN2O3. The predicted molar refractivity (Wildman–Crippen MR) is 106 cm³/mol. The van der Waals surface area contributed by atoms with E-state index in [1.807, 2.05) is 0 Å². The lowest BCUT2D eigenvalue weighted by Gasteiger charge is -2.51. The molecule has 0 spiro atoms. The molecule has 5 nitrogen and oxygen atoms in total. The number of para-hydroxylation sites is 1. The van der Waals surface area contributed by atoms with Crippen LogP contribution in [0.15, 0.2) is 24.3 Å². The van der Waals surface area contributed by atoms with Gasteiger partial charge in [0.25, 0.3) is 0 Å². The molecule has 2 aliphatic heterocycles. The molecule has 146 valence electrons. The minimum atomic E-state index is -0.603. The van der Waals surface area contributed by atoms with Crippen LogP contribution < -0.4 is 0 Å². The average molecular weight is 391 g/mol. The van der Waals surface area contributed by atoms with Crippen molar-refractivity contribution in [3.05, 3.63) is 35.5 Å². The van der Waals surface area contributed by atoms with Gasteiger partial charge >= 0.3 is 0 Å². The van der Waals surface area contributed by atoms with Crippen molar-refractivity contribution in [2.45, 2.75) is 37.8 Å². The van der Waals surface area contributed by atoms with Crippen molar-refractivity contribution in [1.82, 2.24) is 9.88 Å². The van der Waals surface area contributed by atoms with E-state index in [9.17, 15) is 15.0 Å². The van der Waals surface area contributed by atoms with E-state index in [1.165, 1.54) is 22.2 Å². The lowest BCUT2D eigenvalue weighted by Crippen LogP contribution is -2.53. The molecule has 5 atom stereocenters. The third-order valence-electron chi connectivity index (χ3n) is 7.08. The minimum absolute atomic E-state index is 0. The molecule has 6 heteroatoms. The first-order valence-electron chi connectivity index (χ1n) is 9.82. The number of nitrogens with one attached hydrogen (secondary N) is 1. The molecule has 1 aromatic heterocycles. The Morgan fingerprint density at radius 3 is 2.89 bits per heavy atom. The van der Waals surface area contributed by atoms with E-state index in [0.29, 0.717) is 12.3 Å². The van der Waals surface area contributed by atoms with Gasteiger partial charge in [-0.15, -0.1) is 12.4 Å². The highest BCUT2D eigenvalue weighted by molar-refractivity contribution is 5.86. The van der Waals surface area contributed by atoms with E-state index in [1.54, 1.807) is 0 Å². The molecule has 0 amide bonds. The van der Waals surface area contributed by atoms with Crippen LogP contribution in [0.3, 0.4) is 0 Å². The molecule has 1 saturated heterocycles. The van der Waals surface area contributed by atoms with Crippen molar-refractivity contribution >= 4 is 29.1 Å². The quantitative estimate of drug-likeness (QED) is 0.736. The topological polar surface area (TPSA) is 76.6 Å². The molecule has 2 aromatic rings. The first kappa shape index (κ1) is 18.9. The monoisotopic (exact) mass is 390 g/mol. The zero-order valence-electron chi connectivity index (χ0n) is 15.3. The Morgan fingerprint density at radius 2 is 2.07 bits per heavy atom. The fraction of sp³-hybridized carbons (Fsp3) is 0.571.